The Labute approximate surface area is 147 Å². The molecule has 0 saturated heterocycles. The molecule has 5 nitrogen and oxygen atoms in total. The Hall–Kier alpha value is -2.69. The fourth-order valence-electron chi connectivity index (χ4n) is 2.78. The van der Waals surface area contributed by atoms with Gasteiger partial charge in [-0.25, -0.2) is 4.79 Å². The van der Waals surface area contributed by atoms with Crippen LogP contribution in [0.25, 0.3) is 10.9 Å². The molecule has 2 rings (SSSR count). The van der Waals surface area contributed by atoms with E-state index in [-0.39, 0.29) is 5.91 Å². The van der Waals surface area contributed by atoms with E-state index in [1.54, 1.807) is 12.3 Å². The van der Waals surface area contributed by atoms with Crippen LogP contribution in [-0.4, -0.2) is 28.0 Å². The number of unbranched alkanes of at least 4 members (excludes halogenated alkanes) is 4. The van der Waals surface area contributed by atoms with Gasteiger partial charge in [-0.1, -0.05) is 43.5 Å². The van der Waals surface area contributed by atoms with E-state index in [1.807, 2.05) is 30.3 Å². The molecule has 1 aromatic carbocycles. The van der Waals surface area contributed by atoms with E-state index in [0.29, 0.717) is 17.5 Å². The van der Waals surface area contributed by atoms with Gasteiger partial charge in [-0.3, -0.25) is 9.78 Å². The number of aromatic nitrogens is 1. The highest BCUT2D eigenvalue weighted by atomic mass is 16.4. The first-order valence-corrected chi connectivity index (χ1v) is 8.62. The summed E-state index contributed by atoms with van der Waals surface area (Å²) in [5.74, 6) is -1.38. The van der Waals surface area contributed by atoms with Crippen LogP contribution in [0.15, 0.2) is 49.2 Å². The number of hydrogen-bond donors (Lipinski definition) is 2. The van der Waals surface area contributed by atoms with Gasteiger partial charge in [-0.15, -0.1) is 6.58 Å². The summed E-state index contributed by atoms with van der Waals surface area (Å²) >= 11 is 0. The summed E-state index contributed by atoms with van der Waals surface area (Å²) in [6.07, 6.45) is 8.69. The number of carbonyl (C=O) groups is 2. The topological polar surface area (TPSA) is 79.3 Å². The molecule has 5 heteroatoms. The lowest BCUT2D eigenvalue weighted by atomic mass is 10.0. The number of benzene rings is 1. The second-order valence-corrected chi connectivity index (χ2v) is 6.02. The summed E-state index contributed by atoms with van der Waals surface area (Å²) in [5.41, 5.74) is 1.16. The van der Waals surface area contributed by atoms with Gasteiger partial charge in [0.1, 0.15) is 6.04 Å². The monoisotopic (exact) mass is 340 g/mol. The van der Waals surface area contributed by atoms with Crippen molar-refractivity contribution >= 4 is 22.8 Å². The van der Waals surface area contributed by atoms with Crippen molar-refractivity contribution in [2.45, 2.75) is 44.6 Å². The molecule has 1 amide bonds. The number of carboxylic acids is 1. The fourth-order valence-corrected chi connectivity index (χ4v) is 2.78. The molecule has 0 radical (unpaired) electrons. The summed E-state index contributed by atoms with van der Waals surface area (Å²) in [5, 5.41) is 12.7. The molecule has 0 bridgehead atoms. The largest absolute Gasteiger partial charge is 0.480 e. The van der Waals surface area contributed by atoms with Crippen LogP contribution >= 0.6 is 0 Å². The van der Waals surface area contributed by atoms with Crippen molar-refractivity contribution < 1.29 is 14.7 Å². The van der Waals surface area contributed by atoms with Gasteiger partial charge in [-0.05, 0) is 31.4 Å². The molecular formula is C20H24N2O3. The van der Waals surface area contributed by atoms with Gasteiger partial charge < -0.3 is 10.4 Å². The van der Waals surface area contributed by atoms with Crippen molar-refractivity contribution in [1.82, 2.24) is 10.3 Å². The minimum absolute atomic E-state index is 0.377. The summed E-state index contributed by atoms with van der Waals surface area (Å²) in [6.45, 7) is 3.68. The Bertz CT molecular complexity index is 737. The minimum atomic E-state index is -1.00. The molecule has 0 spiro atoms. The van der Waals surface area contributed by atoms with Crippen molar-refractivity contribution in [2.24, 2.45) is 0 Å². The number of carbonyl (C=O) groups excluding carboxylic acids is 1. The van der Waals surface area contributed by atoms with E-state index in [9.17, 15) is 14.7 Å². The Morgan fingerprint density at radius 3 is 2.68 bits per heavy atom. The van der Waals surface area contributed by atoms with E-state index >= 15 is 0 Å². The lowest BCUT2D eigenvalue weighted by molar-refractivity contribution is -0.139. The van der Waals surface area contributed by atoms with Crippen molar-refractivity contribution in [2.75, 3.05) is 0 Å². The Balaban J connectivity index is 1.97. The molecule has 132 valence electrons. The summed E-state index contributed by atoms with van der Waals surface area (Å²) in [4.78, 5) is 28.2. The lowest BCUT2D eigenvalue weighted by Crippen LogP contribution is -2.40. The first-order valence-electron chi connectivity index (χ1n) is 8.62. The number of fused-ring (bicyclic) bond motifs is 1. The zero-order chi connectivity index (χ0) is 18.1. The normalized spacial score (nSPS) is 11.8. The van der Waals surface area contributed by atoms with Gasteiger partial charge in [0.2, 0.25) is 0 Å². The van der Waals surface area contributed by atoms with Crippen molar-refractivity contribution in [3.63, 3.8) is 0 Å². The van der Waals surface area contributed by atoms with Crippen LogP contribution in [0, 0.1) is 0 Å². The van der Waals surface area contributed by atoms with Crippen LogP contribution in [0.2, 0.25) is 0 Å². The van der Waals surface area contributed by atoms with E-state index in [0.717, 1.165) is 37.5 Å². The fraction of sp³-hybridized carbons (Fsp3) is 0.350. The van der Waals surface area contributed by atoms with Crippen LogP contribution in [0.4, 0.5) is 0 Å². The number of pyridine rings is 1. The van der Waals surface area contributed by atoms with E-state index < -0.39 is 12.0 Å². The predicted molar refractivity (Wildman–Crippen MR) is 98.5 cm³/mol. The maximum absolute atomic E-state index is 12.5. The van der Waals surface area contributed by atoms with Crippen LogP contribution in [-0.2, 0) is 4.79 Å². The van der Waals surface area contributed by atoms with Crippen LogP contribution < -0.4 is 5.32 Å². The van der Waals surface area contributed by atoms with Gasteiger partial charge in [-0.2, -0.15) is 0 Å². The third-order valence-electron chi connectivity index (χ3n) is 4.15. The van der Waals surface area contributed by atoms with E-state index in [4.69, 9.17) is 0 Å². The summed E-state index contributed by atoms with van der Waals surface area (Å²) < 4.78 is 0. The second-order valence-electron chi connectivity index (χ2n) is 6.02. The highest BCUT2D eigenvalue weighted by molar-refractivity contribution is 6.06. The van der Waals surface area contributed by atoms with E-state index in [1.165, 1.54) is 0 Å². The smallest absolute Gasteiger partial charge is 0.326 e. The Morgan fingerprint density at radius 1 is 1.16 bits per heavy atom. The average molecular weight is 340 g/mol. The van der Waals surface area contributed by atoms with Gasteiger partial charge in [0.25, 0.3) is 5.91 Å². The van der Waals surface area contributed by atoms with Gasteiger partial charge in [0, 0.05) is 11.6 Å². The molecule has 2 N–H and O–H groups in total. The number of nitrogens with one attached hydrogen (secondary N) is 1. The third kappa shape index (κ3) is 5.41. The van der Waals surface area contributed by atoms with Crippen LogP contribution in [0.1, 0.15) is 48.9 Å². The van der Waals surface area contributed by atoms with Crippen LogP contribution in [0.5, 0.6) is 0 Å². The summed E-state index contributed by atoms with van der Waals surface area (Å²) in [7, 11) is 0. The lowest BCUT2D eigenvalue weighted by Gasteiger charge is -2.15. The highest BCUT2D eigenvalue weighted by Gasteiger charge is 2.21. The molecule has 0 fully saturated rings. The van der Waals surface area contributed by atoms with Crippen LogP contribution in [0.3, 0.4) is 0 Å². The average Bonchev–Trinajstić information content (AvgIpc) is 2.62. The standard InChI is InChI=1S/C20H24N2O3/c1-2-3-4-5-6-7-12-18(20(24)25)22-19(23)16-13-14-21-17-11-9-8-10-15(16)17/h2,8-11,13-14,18H,1,3-7,12H2,(H,22,23)(H,24,25)/t18-/m1/s1. The third-order valence-corrected chi connectivity index (χ3v) is 4.15. The predicted octanol–water partition coefficient (Wildman–Crippen LogP) is 3.94. The molecule has 0 aliphatic carbocycles. The first kappa shape index (κ1) is 18.6. The van der Waals surface area contributed by atoms with E-state index in [2.05, 4.69) is 16.9 Å². The molecule has 0 aliphatic heterocycles. The zero-order valence-corrected chi connectivity index (χ0v) is 14.3. The number of carboxylic acid groups (broad SMARTS) is 1. The Kier molecular flexibility index (Phi) is 7.14. The SMILES string of the molecule is C=CCCCCCC[C@@H](NC(=O)c1ccnc2ccccc12)C(=O)O. The van der Waals surface area contributed by atoms with Crippen molar-refractivity contribution in [3.8, 4) is 0 Å². The molecule has 1 atom stereocenters. The molecule has 0 aliphatic rings. The molecule has 25 heavy (non-hydrogen) atoms. The molecule has 2 aromatic rings. The highest BCUT2D eigenvalue weighted by Crippen LogP contribution is 2.16. The number of para-hydroxylation sites is 1. The maximum atomic E-state index is 12.5. The quantitative estimate of drug-likeness (QED) is 0.507. The minimum Gasteiger partial charge on any atom is -0.480 e. The summed E-state index contributed by atoms with van der Waals surface area (Å²) in [6, 6.07) is 8.06. The number of amides is 1. The molecule has 1 aromatic heterocycles. The second kappa shape index (κ2) is 9.57. The number of rotatable bonds is 10. The number of allylic oxidation sites excluding steroid dienone is 1. The molecule has 0 saturated carbocycles. The molecule has 1 heterocycles. The first-order chi connectivity index (χ1) is 12.1. The number of hydrogen-bond acceptors (Lipinski definition) is 3. The van der Waals surface area contributed by atoms with Crippen molar-refractivity contribution in [1.29, 1.82) is 0 Å². The number of aliphatic carboxylic acids is 1. The van der Waals surface area contributed by atoms with Gasteiger partial charge in [0.15, 0.2) is 0 Å². The Morgan fingerprint density at radius 2 is 1.92 bits per heavy atom. The van der Waals surface area contributed by atoms with Gasteiger partial charge in [0.05, 0.1) is 11.1 Å². The van der Waals surface area contributed by atoms with Gasteiger partial charge >= 0.3 is 5.97 Å². The zero-order valence-electron chi connectivity index (χ0n) is 14.3. The number of nitrogens with zero attached hydrogens (tertiary/aromatic N) is 1. The molecular weight excluding hydrogens is 316 g/mol. The van der Waals surface area contributed by atoms with Crippen molar-refractivity contribution in [3.05, 3.63) is 54.7 Å². The molecule has 0 unspecified atom stereocenters. The maximum Gasteiger partial charge on any atom is 0.326 e.